The van der Waals surface area contributed by atoms with Gasteiger partial charge in [-0.3, -0.25) is 29.4 Å². The van der Waals surface area contributed by atoms with Crippen molar-refractivity contribution in [2.45, 2.75) is 71.9 Å². The largest absolute Gasteiger partial charge is 0.372 e. The number of piperidine rings is 2. The highest BCUT2D eigenvalue weighted by Crippen LogP contribution is 2.53. The summed E-state index contributed by atoms with van der Waals surface area (Å²) in [6.07, 6.45) is 3.51. The fourth-order valence-electron chi connectivity index (χ4n) is 9.19. The number of carbonyl (C=O) groups excluding carboxylic acids is 3. The second-order valence-electron chi connectivity index (χ2n) is 16.1. The maximum absolute atomic E-state index is 15.2. The molecule has 3 amide bonds. The van der Waals surface area contributed by atoms with Crippen LogP contribution in [0, 0.1) is 22.7 Å². The fourth-order valence-corrected chi connectivity index (χ4v) is 9.19. The van der Waals surface area contributed by atoms with Crippen molar-refractivity contribution in [2.24, 2.45) is 16.7 Å². The Bertz CT molecular complexity index is 1840. The van der Waals surface area contributed by atoms with E-state index in [9.17, 15) is 19.2 Å². The molecule has 0 bridgehead atoms. The van der Waals surface area contributed by atoms with Crippen LogP contribution in [-0.2, 0) is 9.59 Å². The van der Waals surface area contributed by atoms with Gasteiger partial charge in [0.15, 0.2) is 0 Å². The van der Waals surface area contributed by atoms with Gasteiger partial charge in [0.2, 0.25) is 11.9 Å². The molecule has 1 aliphatic carbocycles. The number of halogens is 1. The normalized spacial score (nSPS) is 23.1. The van der Waals surface area contributed by atoms with Crippen LogP contribution < -0.4 is 26.0 Å². The first kappa shape index (κ1) is 34.1. The van der Waals surface area contributed by atoms with Gasteiger partial charge in [-0.25, -0.2) is 4.68 Å². The molecule has 4 aliphatic rings. The van der Waals surface area contributed by atoms with Crippen LogP contribution in [0.2, 0.25) is 0 Å². The highest BCUT2D eigenvalue weighted by molar-refractivity contribution is 5.99. The van der Waals surface area contributed by atoms with Gasteiger partial charge in [0, 0.05) is 80.6 Å². The lowest BCUT2D eigenvalue weighted by Crippen LogP contribution is -2.63. The van der Waals surface area contributed by atoms with Crippen LogP contribution in [0.1, 0.15) is 76.2 Å². The van der Waals surface area contributed by atoms with Gasteiger partial charge >= 0.3 is 0 Å². The minimum absolute atomic E-state index is 0.00214. The number of imide groups is 1. The summed E-state index contributed by atoms with van der Waals surface area (Å²) in [4.78, 5) is 57.2. The molecule has 2 aromatic carbocycles. The molecule has 1 saturated carbocycles. The first-order valence-corrected chi connectivity index (χ1v) is 18.0. The molecule has 7 rings (SSSR count). The number of benzene rings is 2. The zero-order valence-corrected chi connectivity index (χ0v) is 29.5. The summed E-state index contributed by atoms with van der Waals surface area (Å²) in [6, 6.07) is 12.3. The smallest absolute Gasteiger partial charge is 0.275 e. The van der Waals surface area contributed by atoms with Crippen molar-refractivity contribution in [3.8, 4) is 0 Å². The summed E-state index contributed by atoms with van der Waals surface area (Å²) in [6.45, 7) is 15.3. The lowest BCUT2D eigenvalue weighted by Gasteiger charge is -2.57. The Morgan fingerprint density at radius 2 is 1.50 bits per heavy atom. The van der Waals surface area contributed by atoms with E-state index in [1.165, 1.54) is 0 Å². The van der Waals surface area contributed by atoms with Crippen LogP contribution in [0.4, 0.5) is 15.8 Å². The lowest BCUT2D eigenvalue weighted by molar-refractivity contribution is -0.136. The summed E-state index contributed by atoms with van der Waals surface area (Å²) in [5.41, 5.74) is 2.39. The Hall–Kier alpha value is -4.32. The molecule has 4 heterocycles. The minimum Gasteiger partial charge on any atom is -0.372 e. The third-order valence-corrected chi connectivity index (χ3v) is 11.5. The SMILES string of the molecule is CC1(C)CC(C)(C)C1NC(=O)c1ccc(N2CCC(CN3CCN(c4ccc5c(=O)n(C6CCC(=O)NC6=O)nc(F)c5c4)CC3)CC2)cc1. The summed E-state index contributed by atoms with van der Waals surface area (Å²) in [7, 11) is 0. The van der Waals surface area contributed by atoms with Gasteiger partial charge in [0.05, 0.1) is 5.39 Å². The summed E-state index contributed by atoms with van der Waals surface area (Å²) in [5, 5.41) is 9.62. The highest BCUT2D eigenvalue weighted by Gasteiger charge is 2.53. The Morgan fingerprint density at radius 1 is 0.860 bits per heavy atom. The predicted molar refractivity (Wildman–Crippen MR) is 191 cm³/mol. The molecule has 0 spiro atoms. The Kier molecular flexibility index (Phi) is 8.94. The van der Waals surface area contributed by atoms with Crippen molar-refractivity contribution in [3.63, 3.8) is 0 Å². The zero-order valence-electron chi connectivity index (χ0n) is 29.5. The van der Waals surface area contributed by atoms with E-state index in [1.807, 2.05) is 18.2 Å². The molecular formula is C38H48FN7O4. The first-order valence-electron chi connectivity index (χ1n) is 18.0. The first-order chi connectivity index (χ1) is 23.8. The van der Waals surface area contributed by atoms with Gasteiger partial charge in [0.1, 0.15) is 6.04 Å². The van der Waals surface area contributed by atoms with E-state index in [2.05, 4.69) is 70.3 Å². The maximum Gasteiger partial charge on any atom is 0.275 e. The molecule has 1 aromatic heterocycles. The number of nitrogens with zero attached hydrogens (tertiary/aromatic N) is 5. The number of hydrogen-bond acceptors (Lipinski definition) is 8. The van der Waals surface area contributed by atoms with Gasteiger partial charge in [-0.2, -0.15) is 4.39 Å². The third-order valence-electron chi connectivity index (χ3n) is 11.5. The quantitative estimate of drug-likeness (QED) is 0.357. The summed E-state index contributed by atoms with van der Waals surface area (Å²) >= 11 is 0. The van der Waals surface area contributed by atoms with E-state index in [0.29, 0.717) is 11.5 Å². The van der Waals surface area contributed by atoms with Crippen molar-refractivity contribution in [2.75, 3.05) is 55.6 Å². The molecule has 3 aliphatic heterocycles. The second-order valence-corrected chi connectivity index (χ2v) is 16.1. The van der Waals surface area contributed by atoms with E-state index in [1.54, 1.807) is 12.1 Å². The number of rotatable bonds is 7. The zero-order chi connectivity index (χ0) is 35.4. The van der Waals surface area contributed by atoms with E-state index < -0.39 is 29.4 Å². The lowest BCUT2D eigenvalue weighted by atomic mass is 9.52. The standard InChI is InChI=1S/C38H48FN7O4/c1-37(2)23-38(3,4)36(37)41-33(48)25-5-7-26(8-6-25)44-15-13-24(14-16-44)22-43-17-19-45(20-18-43)27-9-10-28-29(21-27)32(39)42-46(35(28)50)30-11-12-31(47)40-34(30)49/h5-10,21,24,30,36H,11-20,22-23H2,1-4H3,(H,41,48)(H,40,47,49). The molecule has 1 atom stereocenters. The predicted octanol–water partition coefficient (Wildman–Crippen LogP) is 4.11. The van der Waals surface area contributed by atoms with Gasteiger partial charge in [-0.15, -0.1) is 5.10 Å². The van der Waals surface area contributed by atoms with Crippen molar-refractivity contribution in [3.05, 3.63) is 64.3 Å². The summed E-state index contributed by atoms with van der Waals surface area (Å²) in [5.74, 6) is -1.24. The number of fused-ring (bicyclic) bond motifs is 1. The number of nitrogens with one attached hydrogen (secondary N) is 2. The van der Waals surface area contributed by atoms with E-state index in [4.69, 9.17) is 0 Å². The van der Waals surface area contributed by atoms with Gasteiger partial charge < -0.3 is 15.1 Å². The molecular weight excluding hydrogens is 637 g/mol. The third kappa shape index (κ3) is 6.61. The number of hydrogen-bond donors (Lipinski definition) is 2. The van der Waals surface area contributed by atoms with Crippen LogP contribution in [-0.4, -0.2) is 84.3 Å². The highest BCUT2D eigenvalue weighted by atomic mass is 19.1. The van der Waals surface area contributed by atoms with Crippen LogP contribution in [0.5, 0.6) is 0 Å². The van der Waals surface area contributed by atoms with Crippen LogP contribution in [0.3, 0.4) is 0 Å². The number of amides is 3. The average molecular weight is 686 g/mol. The molecule has 12 heteroatoms. The molecule has 4 fully saturated rings. The Balaban J connectivity index is 0.894. The molecule has 1 unspecified atom stereocenters. The second kappa shape index (κ2) is 13.1. The van der Waals surface area contributed by atoms with Crippen LogP contribution in [0.15, 0.2) is 47.3 Å². The van der Waals surface area contributed by atoms with Gasteiger partial charge in [0.25, 0.3) is 17.4 Å². The summed E-state index contributed by atoms with van der Waals surface area (Å²) < 4.78 is 16.1. The minimum atomic E-state index is -1.01. The average Bonchev–Trinajstić information content (AvgIpc) is 3.09. The van der Waals surface area contributed by atoms with Gasteiger partial charge in [-0.1, -0.05) is 27.7 Å². The molecule has 11 nitrogen and oxygen atoms in total. The maximum atomic E-state index is 15.2. The van der Waals surface area contributed by atoms with Gasteiger partial charge in [-0.05, 0) is 84.9 Å². The number of piperazine rings is 1. The van der Waals surface area contributed by atoms with Crippen LogP contribution in [0.25, 0.3) is 10.8 Å². The van der Waals surface area contributed by atoms with E-state index >= 15 is 4.39 Å². The molecule has 3 aromatic rings. The molecule has 266 valence electrons. The topological polar surface area (TPSA) is 120 Å². The van der Waals surface area contributed by atoms with Crippen LogP contribution >= 0.6 is 0 Å². The van der Waals surface area contributed by atoms with Crippen molar-refractivity contribution in [1.82, 2.24) is 25.3 Å². The molecule has 50 heavy (non-hydrogen) atoms. The Morgan fingerprint density at radius 3 is 2.14 bits per heavy atom. The Labute approximate surface area is 292 Å². The van der Waals surface area contributed by atoms with E-state index in [-0.39, 0.29) is 46.4 Å². The molecule has 0 radical (unpaired) electrons. The molecule has 2 N–H and O–H groups in total. The molecule has 3 saturated heterocycles. The number of carbonyl (C=O) groups is 3. The van der Waals surface area contributed by atoms with Crippen molar-refractivity contribution < 1.29 is 18.8 Å². The van der Waals surface area contributed by atoms with Crippen molar-refractivity contribution in [1.29, 1.82) is 0 Å². The van der Waals surface area contributed by atoms with Crippen molar-refractivity contribution >= 4 is 39.9 Å². The monoisotopic (exact) mass is 685 g/mol. The van der Waals surface area contributed by atoms with E-state index in [0.717, 1.165) is 81.1 Å². The fraction of sp³-hybridized carbons (Fsp3) is 0.553. The number of anilines is 2. The number of aromatic nitrogens is 2.